The number of esters is 1. The number of unbranched alkanes of at least 4 members (excludes halogenated alkanes) is 2. The number of aliphatic hydroxyl groups excluding tert-OH is 5. The van der Waals surface area contributed by atoms with Gasteiger partial charge in [0.2, 0.25) is 5.91 Å². The molecule has 1 aromatic carbocycles. The van der Waals surface area contributed by atoms with Gasteiger partial charge in [-0.3, -0.25) is 4.79 Å². The highest BCUT2D eigenvalue weighted by Gasteiger charge is 2.37. The zero-order valence-electron chi connectivity index (χ0n) is 21.6. The molecule has 5 atom stereocenters. The molecule has 0 aliphatic rings. The number of hydrogen-bond donors (Lipinski definition) is 7. The molecule has 7 N–H and O–H groups in total. The van der Waals surface area contributed by atoms with E-state index >= 15 is 0 Å². The quantitative estimate of drug-likeness (QED) is 0.0751. The largest absolute Gasteiger partial charge is 0.463 e. The molecule has 12 heteroatoms. The van der Waals surface area contributed by atoms with E-state index in [0.717, 1.165) is 5.56 Å². The number of benzene rings is 1. The molecule has 1 rings (SSSR count). The van der Waals surface area contributed by atoms with Gasteiger partial charge >= 0.3 is 12.1 Å². The first-order valence-electron chi connectivity index (χ1n) is 12.5. The molecular formula is C26H40N2O10. The number of carbonyl (C=O) groups excluding carboxylic acids is 3. The zero-order valence-corrected chi connectivity index (χ0v) is 21.6. The molecule has 0 fully saturated rings. The van der Waals surface area contributed by atoms with Gasteiger partial charge in [0, 0.05) is 25.0 Å². The smallest absolute Gasteiger partial charge is 0.407 e. The number of nitrogens with one attached hydrogen (secondary N) is 2. The predicted molar refractivity (Wildman–Crippen MR) is 137 cm³/mol. The predicted octanol–water partition coefficient (Wildman–Crippen LogP) is -0.0967. The van der Waals surface area contributed by atoms with E-state index in [0.29, 0.717) is 25.8 Å². The van der Waals surface area contributed by atoms with Crippen molar-refractivity contribution in [3.8, 4) is 0 Å². The van der Waals surface area contributed by atoms with Gasteiger partial charge in [0.25, 0.3) is 0 Å². The summed E-state index contributed by atoms with van der Waals surface area (Å²) in [5.41, 5.74) is 0.753. The van der Waals surface area contributed by atoms with E-state index in [9.17, 15) is 34.8 Å². The van der Waals surface area contributed by atoms with Crippen LogP contribution in [0.5, 0.6) is 0 Å². The molecule has 0 radical (unpaired) electrons. The SMILES string of the molecule is C=C(C[C@H](O)[C@@H](NC(=O)CCCCCNC(=O)OCc1ccccc1)[C@@H](O)[C@H](O)[C@H](O)CO)C(=O)OCC. The molecular weight excluding hydrogens is 500 g/mol. The average Bonchev–Trinajstić information content (AvgIpc) is 2.91. The first kappa shape index (κ1) is 33.0. The highest BCUT2D eigenvalue weighted by Crippen LogP contribution is 2.16. The zero-order chi connectivity index (χ0) is 28.5. The summed E-state index contributed by atoms with van der Waals surface area (Å²) in [6, 6.07) is 7.75. The van der Waals surface area contributed by atoms with Gasteiger partial charge < -0.3 is 45.6 Å². The Balaban J connectivity index is 2.49. The van der Waals surface area contributed by atoms with E-state index in [-0.39, 0.29) is 31.6 Å². The summed E-state index contributed by atoms with van der Waals surface area (Å²) in [5, 5.41) is 54.9. The Morgan fingerprint density at radius 3 is 2.26 bits per heavy atom. The topological polar surface area (TPSA) is 195 Å². The van der Waals surface area contributed by atoms with Gasteiger partial charge in [-0.1, -0.05) is 43.3 Å². The third-order valence-electron chi connectivity index (χ3n) is 5.62. The maximum Gasteiger partial charge on any atom is 0.407 e. The lowest BCUT2D eigenvalue weighted by Crippen LogP contribution is -2.57. The van der Waals surface area contributed by atoms with Crippen LogP contribution in [0.2, 0.25) is 0 Å². The molecule has 0 aliphatic heterocycles. The Morgan fingerprint density at radius 1 is 0.947 bits per heavy atom. The normalized spacial score (nSPS) is 14.9. The Bertz CT molecular complexity index is 867. The van der Waals surface area contributed by atoms with Crippen molar-refractivity contribution in [1.29, 1.82) is 0 Å². The van der Waals surface area contributed by atoms with Gasteiger partial charge in [0.1, 0.15) is 24.9 Å². The second-order valence-corrected chi connectivity index (χ2v) is 8.72. The number of rotatable bonds is 18. The number of hydrogen-bond acceptors (Lipinski definition) is 10. The molecule has 0 saturated carbocycles. The van der Waals surface area contributed by atoms with Gasteiger partial charge in [-0.2, -0.15) is 0 Å². The van der Waals surface area contributed by atoms with Crippen molar-refractivity contribution in [2.75, 3.05) is 19.8 Å². The van der Waals surface area contributed by atoms with Crippen LogP contribution in [0.25, 0.3) is 0 Å². The van der Waals surface area contributed by atoms with E-state index < -0.39 is 55.0 Å². The van der Waals surface area contributed by atoms with E-state index in [1.807, 2.05) is 30.3 Å². The van der Waals surface area contributed by atoms with Crippen molar-refractivity contribution in [3.63, 3.8) is 0 Å². The van der Waals surface area contributed by atoms with Crippen LogP contribution in [0.15, 0.2) is 42.5 Å². The van der Waals surface area contributed by atoms with Crippen molar-refractivity contribution in [2.45, 2.75) is 76.1 Å². The van der Waals surface area contributed by atoms with Crippen LogP contribution in [0.4, 0.5) is 4.79 Å². The highest BCUT2D eigenvalue weighted by atomic mass is 16.5. The number of ether oxygens (including phenoxy) is 2. The van der Waals surface area contributed by atoms with E-state index in [1.54, 1.807) is 6.92 Å². The van der Waals surface area contributed by atoms with Crippen molar-refractivity contribution in [2.24, 2.45) is 0 Å². The number of aliphatic hydroxyl groups is 5. The lowest BCUT2D eigenvalue weighted by atomic mass is 9.93. The standard InChI is InChI=1S/C26H40N2O10/c1-3-37-25(35)17(2)14-19(30)22(24(34)23(33)20(31)15-29)28-21(32)12-8-5-9-13-27-26(36)38-16-18-10-6-4-7-11-18/h4,6-7,10-11,19-20,22-24,29-31,33-34H,2-3,5,8-9,12-16H2,1H3,(H,27,36)(H,28,32)/t19-,20+,22+,23+,24+/m0/s1. The van der Waals surface area contributed by atoms with Gasteiger partial charge in [-0.05, 0) is 25.3 Å². The minimum Gasteiger partial charge on any atom is -0.463 e. The molecule has 0 aliphatic carbocycles. The summed E-state index contributed by atoms with van der Waals surface area (Å²) in [6.45, 7) is 4.84. The summed E-state index contributed by atoms with van der Waals surface area (Å²) in [4.78, 5) is 36.0. The maximum absolute atomic E-state index is 12.5. The van der Waals surface area contributed by atoms with Crippen LogP contribution in [-0.4, -0.2) is 93.7 Å². The van der Waals surface area contributed by atoms with Crippen LogP contribution in [0.3, 0.4) is 0 Å². The molecule has 12 nitrogen and oxygen atoms in total. The van der Waals surface area contributed by atoms with Crippen LogP contribution < -0.4 is 10.6 Å². The fourth-order valence-electron chi connectivity index (χ4n) is 3.46. The fraction of sp³-hybridized carbons (Fsp3) is 0.577. The van der Waals surface area contributed by atoms with Gasteiger partial charge in [0.05, 0.1) is 25.4 Å². The molecule has 1 aromatic rings. The Morgan fingerprint density at radius 2 is 1.63 bits per heavy atom. The third-order valence-corrected chi connectivity index (χ3v) is 5.62. The van der Waals surface area contributed by atoms with Crippen molar-refractivity contribution in [1.82, 2.24) is 10.6 Å². The third kappa shape index (κ3) is 12.5. The summed E-state index contributed by atoms with van der Waals surface area (Å²) >= 11 is 0. The summed E-state index contributed by atoms with van der Waals surface area (Å²) in [7, 11) is 0. The molecule has 0 aromatic heterocycles. The Kier molecular flexibility index (Phi) is 15.9. The second-order valence-electron chi connectivity index (χ2n) is 8.72. The molecule has 214 valence electrons. The number of amides is 2. The monoisotopic (exact) mass is 540 g/mol. The lowest BCUT2D eigenvalue weighted by molar-refractivity contribution is -0.139. The molecule has 0 heterocycles. The van der Waals surface area contributed by atoms with E-state index in [4.69, 9.17) is 14.6 Å². The van der Waals surface area contributed by atoms with Crippen LogP contribution >= 0.6 is 0 Å². The molecule has 0 saturated heterocycles. The molecule has 0 unspecified atom stereocenters. The van der Waals surface area contributed by atoms with Crippen LogP contribution in [-0.2, 0) is 25.7 Å². The maximum atomic E-state index is 12.5. The van der Waals surface area contributed by atoms with Crippen molar-refractivity contribution >= 4 is 18.0 Å². The highest BCUT2D eigenvalue weighted by molar-refractivity contribution is 5.87. The Hall–Kier alpha value is -3.03. The van der Waals surface area contributed by atoms with E-state index in [1.165, 1.54) is 0 Å². The molecule has 2 amide bonds. The minimum atomic E-state index is -1.89. The average molecular weight is 541 g/mol. The second kappa shape index (κ2) is 18.3. The molecule has 38 heavy (non-hydrogen) atoms. The lowest BCUT2D eigenvalue weighted by Gasteiger charge is -2.32. The van der Waals surface area contributed by atoms with E-state index in [2.05, 4.69) is 17.2 Å². The summed E-state index contributed by atoms with van der Waals surface area (Å²) in [6.07, 6.45) is -6.39. The Labute approximate surface area is 222 Å². The first-order chi connectivity index (χ1) is 18.1. The fourth-order valence-corrected chi connectivity index (χ4v) is 3.46. The van der Waals surface area contributed by atoms with Gasteiger partial charge in [-0.25, -0.2) is 9.59 Å². The molecule has 0 spiro atoms. The van der Waals surface area contributed by atoms with Crippen molar-refractivity contribution < 1.29 is 49.4 Å². The summed E-state index contributed by atoms with van der Waals surface area (Å²) < 4.78 is 9.92. The van der Waals surface area contributed by atoms with Crippen LogP contribution in [0, 0.1) is 0 Å². The number of carbonyl (C=O) groups is 3. The first-order valence-corrected chi connectivity index (χ1v) is 12.5. The molecule has 0 bridgehead atoms. The van der Waals surface area contributed by atoms with Gasteiger partial charge in [0.15, 0.2) is 0 Å². The minimum absolute atomic E-state index is 0.00582. The van der Waals surface area contributed by atoms with Crippen molar-refractivity contribution in [3.05, 3.63) is 48.0 Å². The summed E-state index contributed by atoms with van der Waals surface area (Å²) in [5.74, 6) is -1.32. The van der Waals surface area contributed by atoms with Gasteiger partial charge in [-0.15, -0.1) is 0 Å². The van der Waals surface area contributed by atoms with Crippen LogP contribution in [0.1, 0.15) is 44.6 Å². The number of alkyl carbamates (subject to hydrolysis) is 1.